The Labute approximate surface area is 153 Å². The maximum atomic E-state index is 12.7. The average Bonchev–Trinajstić information content (AvgIpc) is 2.62. The normalized spacial score (nSPS) is 12.0. The molecule has 1 atom stereocenters. The van der Waals surface area contributed by atoms with Gasteiger partial charge in [0, 0.05) is 19.5 Å². The van der Waals surface area contributed by atoms with Crippen LogP contribution in [0.3, 0.4) is 0 Å². The van der Waals surface area contributed by atoms with Gasteiger partial charge in [-0.05, 0) is 30.7 Å². The molecule has 140 valence electrons. The van der Waals surface area contributed by atoms with Gasteiger partial charge in [-0.25, -0.2) is 0 Å². The lowest BCUT2D eigenvalue weighted by molar-refractivity contribution is -0.141. The fourth-order valence-electron chi connectivity index (χ4n) is 2.79. The number of benzene rings is 1. The highest BCUT2D eigenvalue weighted by atomic mass is 16.2. The molecule has 2 amide bonds. The zero-order chi connectivity index (χ0) is 18.7. The first-order chi connectivity index (χ1) is 12.0. The zero-order valence-electron chi connectivity index (χ0n) is 16.3. The third kappa shape index (κ3) is 7.72. The van der Waals surface area contributed by atoms with Gasteiger partial charge in [-0.15, -0.1) is 0 Å². The number of hydrogen-bond acceptors (Lipinski definition) is 2. The summed E-state index contributed by atoms with van der Waals surface area (Å²) in [5.41, 5.74) is 1.07. The molecule has 0 aliphatic carbocycles. The second kappa shape index (κ2) is 11.7. The molecular weight excluding hydrogens is 312 g/mol. The lowest BCUT2D eigenvalue weighted by Crippen LogP contribution is -2.49. The van der Waals surface area contributed by atoms with E-state index in [9.17, 15) is 9.59 Å². The Morgan fingerprint density at radius 3 is 2.36 bits per heavy atom. The van der Waals surface area contributed by atoms with Crippen LogP contribution in [0.15, 0.2) is 30.3 Å². The minimum Gasteiger partial charge on any atom is -0.350 e. The van der Waals surface area contributed by atoms with Crippen LogP contribution >= 0.6 is 0 Å². The SMILES string of the molecule is CCCCN(C(=O)CCC(C)C)C(CC)C(=O)NCc1ccccc1. The summed E-state index contributed by atoms with van der Waals surface area (Å²) in [6.07, 6.45) is 3.96. The van der Waals surface area contributed by atoms with Gasteiger partial charge in [0.25, 0.3) is 0 Å². The highest BCUT2D eigenvalue weighted by molar-refractivity contribution is 5.87. The van der Waals surface area contributed by atoms with Crippen molar-refractivity contribution in [2.75, 3.05) is 6.54 Å². The van der Waals surface area contributed by atoms with Crippen LogP contribution in [0, 0.1) is 5.92 Å². The standard InChI is InChI=1S/C21H34N2O2/c1-5-7-15-23(20(24)14-13-17(3)4)19(6-2)21(25)22-16-18-11-9-8-10-12-18/h8-12,17,19H,5-7,13-16H2,1-4H3,(H,22,25). The predicted molar refractivity (Wildman–Crippen MR) is 103 cm³/mol. The van der Waals surface area contributed by atoms with Gasteiger partial charge in [-0.3, -0.25) is 9.59 Å². The zero-order valence-corrected chi connectivity index (χ0v) is 16.3. The third-order valence-electron chi connectivity index (χ3n) is 4.38. The highest BCUT2D eigenvalue weighted by Gasteiger charge is 2.27. The van der Waals surface area contributed by atoms with Crippen molar-refractivity contribution in [1.29, 1.82) is 0 Å². The van der Waals surface area contributed by atoms with E-state index in [2.05, 4.69) is 26.1 Å². The Kier molecular flexibility index (Phi) is 9.90. The molecule has 1 unspecified atom stereocenters. The van der Waals surface area contributed by atoms with E-state index in [0.717, 1.165) is 24.8 Å². The van der Waals surface area contributed by atoms with Crippen LogP contribution in [0.2, 0.25) is 0 Å². The van der Waals surface area contributed by atoms with Crippen molar-refractivity contribution >= 4 is 11.8 Å². The first-order valence-corrected chi connectivity index (χ1v) is 9.60. The van der Waals surface area contributed by atoms with Crippen molar-refractivity contribution in [3.05, 3.63) is 35.9 Å². The van der Waals surface area contributed by atoms with E-state index in [1.165, 1.54) is 0 Å². The molecule has 0 aliphatic heterocycles. The molecule has 0 fully saturated rings. The van der Waals surface area contributed by atoms with Gasteiger partial charge >= 0.3 is 0 Å². The van der Waals surface area contributed by atoms with Gasteiger partial charge in [0.05, 0.1) is 0 Å². The fraction of sp³-hybridized carbons (Fsp3) is 0.619. The molecule has 0 spiro atoms. The second-order valence-corrected chi connectivity index (χ2v) is 7.00. The Morgan fingerprint density at radius 1 is 1.12 bits per heavy atom. The van der Waals surface area contributed by atoms with Crippen LogP contribution in [0.4, 0.5) is 0 Å². The summed E-state index contributed by atoms with van der Waals surface area (Å²) < 4.78 is 0. The van der Waals surface area contributed by atoms with Crippen LogP contribution in [0.1, 0.15) is 65.4 Å². The minimum atomic E-state index is -0.380. The van der Waals surface area contributed by atoms with Crippen molar-refractivity contribution in [2.45, 2.75) is 72.4 Å². The van der Waals surface area contributed by atoms with E-state index < -0.39 is 0 Å². The first kappa shape index (κ1) is 21.2. The molecule has 1 rings (SSSR count). The van der Waals surface area contributed by atoms with Gasteiger partial charge in [0.2, 0.25) is 11.8 Å². The van der Waals surface area contributed by atoms with Gasteiger partial charge in [-0.1, -0.05) is 64.4 Å². The smallest absolute Gasteiger partial charge is 0.243 e. The number of carbonyl (C=O) groups excluding carboxylic acids is 2. The summed E-state index contributed by atoms with van der Waals surface area (Å²) in [6.45, 7) is 9.47. The van der Waals surface area contributed by atoms with E-state index in [-0.39, 0.29) is 17.9 Å². The topological polar surface area (TPSA) is 49.4 Å². The largest absolute Gasteiger partial charge is 0.350 e. The fourth-order valence-corrected chi connectivity index (χ4v) is 2.79. The summed E-state index contributed by atoms with van der Waals surface area (Å²) in [6, 6.07) is 9.48. The molecule has 1 aromatic carbocycles. The van der Waals surface area contributed by atoms with Crippen LogP contribution in [0.5, 0.6) is 0 Å². The molecule has 0 aliphatic rings. The summed E-state index contributed by atoms with van der Waals surface area (Å²) in [4.78, 5) is 27.2. The van der Waals surface area contributed by atoms with Gasteiger partial charge in [0.1, 0.15) is 6.04 Å². The molecule has 0 aromatic heterocycles. The van der Waals surface area contributed by atoms with Crippen molar-refractivity contribution in [1.82, 2.24) is 10.2 Å². The minimum absolute atomic E-state index is 0.0552. The maximum absolute atomic E-state index is 12.7. The number of hydrogen-bond donors (Lipinski definition) is 1. The number of carbonyl (C=O) groups is 2. The average molecular weight is 347 g/mol. The first-order valence-electron chi connectivity index (χ1n) is 9.60. The molecule has 0 radical (unpaired) electrons. The lowest BCUT2D eigenvalue weighted by Gasteiger charge is -2.30. The van der Waals surface area contributed by atoms with Crippen LogP contribution in [-0.2, 0) is 16.1 Å². The molecule has 0 bridgehead atoms. The molecule has 0 saturated heterocycles. The summed E-state index contributed by atoms with van der Waals surface area (Å²) in [7, 11) is 0. The van der Waals surface area contributed by atoms with Crippen LogP contribution in [-0.4, -0.2) is 29.3 Å². The molecule has 1 N–H and O–H groups in total. The highest BCUT2D eigenvalue weighted by Crippen LogP contribution is 2.13. The lowest BCUT2D eigenvalue weighted by atomic mass is 10.1. The number of nitrogens with one attached hydrogen (secondary N) is 1. The second-order valence-electron chi connectivity index (χ2n) is 7.00. The summed E-state index contributed by atoms with van der Waals surface area (Å²) in [5, 5.41) is 2.99. The van der Waals surface area contributed by atoms with Crippen molar-refractivity contribution in [2.24, 2.45) is 5.92 Å². The van der Waals surface area contributed by atoms with Crippen LogP contribution < -0.4 is 5.32 Å². The van der Waals surface area contributed by atoms with Crippen LogP contribution in [0.25, 0.3) is 0 Å². The quantitative estimate of drug-likeness (QED) is 0.654. The third-order valence-corrected chi connectivity index (χ3v) is 4.38. The van der Waals surface area contributed by atoms with E-state index in [0.29, 0.717) is 31.8 Å². The molecule has 4 nitrogen and oxygen atoms in total. The summed E-state index contributed by atoms with van der Waals surface area (Å²) in [5.74, 6) is 0.535. The Morgan fingerprint density at radius 2 is 1.80 bits per heavy atom. The van der Waals surface area contributed by atoms with Crippen molar-refractivity contribution < 1.29 is 9.59 Å². The summed E-state index contributed by atoms with van der Waals surface area (Å²) >= 11 is 0. The van der Waals surface area contributed by atoms with Crippen molar-refractivity contribution in [3.8, 4) is 0 Å². The van der Waals surface area contributed by atoms with Crippen molar-refractivity contribution in [3.63, 3.8) is 0 Å². The maximum Gasteiger partial charge on any atom is 0.243 e. The van der Waals surface area contributed by atoms with Gasteiger partial charge < -0.3 is 10.2 Å². The van der Waals surface area contributed by atoms with E-state index in [1.54, 1.807) is 4.90 Å². The molecule has 4 heteroatoms. The number of unbranched alkanes of at least 4 members (excludes halogenated alkanes) is 1. The van der Waals surface area contributed by atoms with E-state index >= 15 is 0 Å². The Hall–Kier alpha value is -1.84. The molecule has 0 heterocycles. The molecular formula is C21H34N2O2. The molecule has 0 saturated carbocycles. The molecule has 25 heavy (non-hydrogen) atoms. The monoisotopic (exact) mass is 346 g/mol. The van der Waals surface area contributed by atoms with Gasteiger partial charge in [-0.2, -0.15) is 0 Å². The Bertz CT molecular complexity index is 514. The van der Waals surface area contributed by atoms with E-state index in [1.807, 2.05) is 37.3 Å². The Balaban J connectivity index is 2.72. The number of amides is 2. The number of rotatable bonds is 11. The number of nitrogens with zero attached hydrogens (tertiary/aromatic N) is 1. The molecule has 1 aromatic rings. The predicted octanol–water partition coefficient (Wildman–Crippen LogP) is 4.15. The van der Waals surface area contributed by atoms with E-state index in [4.69, 9.17) is 0 Å². The van der Waals surface area contributed by atoms with Gasteiger partial charge in [0.15, 0.2) is 0 Å².